The molecule has 1 aromatic rings. The highest BCUT2D eigenvalue weighted by Gasteiger charge is 2.19. The van der Waals surface area contributed by atoms with Crippen molar-refractivity contribution in [1.29, 1.82) is 0 Å². The van der Waals surface area contributed by atoms with Crippen molar-refractivity contribution in [2.24, 2.45) is 0 Å². The molecule has 0 bridgehead atoms. The van der Waals surface area contributed by atoms with Gasteiger partial charge in [0.2, 0.25) is 0 Å². The largest absolute Gasteiger partial charge is 0.311 e. The number of hydrogen-bond acceptors (Lipinski definition) is 2. The third kappa shape index (κ3) is 2.51. The van der Waals surface area contributed by atoms with E-state index in [1.165, 1.54) is 0 Å². The molecule has 0 saturated heterocycles. The molecule has 0 fully saturated rings. The molecule has 0 N–H and O–H groups in total. The number of nitrogens with zero attached hydrogens (tertiary/aromatic N) is 3. The van der Waals surface area contributed by atoms with Crippen LogP contribution in [0.25, 0.3) is 0 Å². The Bertz CT molecular complexity index is 303. The summed E-state index contributed by atoms with van der Waals surface area (Å²) in [6.45, 7) is 8.67. The standard InChI is InChI=1S/C11H20ClN3/c1-5-9(6-2)11-14-13-10(7-12)15(11)8(3)4/h8-9H,5-7H2,1-4H3. The summed E-state index contributed by atoms with van der Waals surface area (Å²) >= 11 is 5.86. The van der Waals surface area contributed by atoms with Crippen LogP contribution >= 0.6 is 11.6 Å². The van der Waals surface area contributed by atoms with Gasteiger partial charge in [0, 0.05) is 12.0 Å². The molecule has 0 aromatic carbocycles. The highest BCUT2D eigenvalue weighted by atomic mass is 35.5. The van der Waals surface area contributed by atoms with E-state index in [2.05, 4.69) is 42.5 Å². The first kappa shape index (κ1) is 12.5. The average Bonchev–Trinajstić information content (AvgIpc) is 2.63. The monoisotopic (exact) mass is 229 g/mol. The first-order valence-corrected chi connectivity index (χ1v) is 6.18. The van der Waals surface area contributed by atoms with Crippen molar-refractivity contribution < 1.29 is 0 Å². The molecule has 0 radical (unpaired) electrons. The fourth-order valence-corrected chi connectivity index (χ4v) is 2.11. The molecule has 15 heavy (non-hydrogen) atoms. The number of hydrogen-bond donors (Lipinski definition) is 0. The van der Waals surface area contributed by atoms with Gasteiger partial charge in [-0.05, 0) is 26.7 Å². The molecular formula is C11H20ClN3. The van der Waals surface area contributed by atoms with Gasteiger partial charge < -0.3 is 4.57 Å². The van der Waals surface area contributed by atoms with Crippen LogP contribution in [0.1, 0.15) is 64.1 Å². The van der Waals surface area contributed by atoms with Crippen molar-refractivity contribution in [3.63, 3.8) is 0 Å². The Morgan fingerprint density at radius 3 is 2.20 bits per heavy atom. The lowest BCUT2D eigenvalue weighted by atomic mass is 10.0. The zero-order valence-corrected chi connectivity index (χ0v) is 10.8. The lowest BCUT2D eigenvalue weighted by molar-refractivity contribution is 0.499. The molecule has 0 spiro atoms. The van der Waals surface area contributed by atoms with Crippen LogP contribution in [-0.2, 0) is 5.88 Å². The molecule has 0 amide bonds. The van der Waals surface area contributed by atoms with Crippen LogP contribution < -0.4 is 0 Å². The van der Waals surface area contributed by atoms with E-state index in [0.717, 1.165) is 24.5 Å². The number of aromatic nitrogens is 3. The van der Waals surface area contributed by atoms with E-state index in [-0.39, 0.29) is 0 Å². The summed E-state index contributed by atoms with van der Waals surface area (Å²) in [6.07, 6.45) is 2.20. The first-order valence-electron chi connectivity index (χ1n) is 5.65. The third-order valence-electron chi connectivity index (χ3n) is 2.78. The van der Waals surface area contributed by atoms with Crippen LogP contribution in [-0.4, -0.2) is 14.8 Å². The van der Waals surface area contributed by atoms with Crippen LogP contribution in [0.15, 0.2) is 0 Å². The number of halogens is 1. The molecule has 0 aliphatic rings. The van der Waals surface area contributed by atoms with Gasteiger partial charge in [-0.15, -0.1) is 21.8 Å². The summed E-state index contributed by atoms with van der Waals surface area (Å²) in [7, 11) is 0. The molecular weight excluding hydrogens is 210 g/mol. The molecule has 0 aliphatic heterocycles. The van der Waals surface area contributed by atoms with Crippen molar-refractivity contribution in [3.8, 4) is 0 Å². The van der Waals surface area contributed by atoms with Crippen molar-refractivity contribution in [1.82, 2.24) is 14.8 Å². The summed E-state index contributed by atoms with van der Waals surface area (Å²) in [5.74, 6) is 2.90. The van der Waals surface area contributed by atoms with Crippen LogP contribution in [0.2, 0.25) is 0 Å². The number of rotatable bonds is 5. The Hall–Kier alpha value is -0.570. The summed E-state index contributed by atoms with van der Waals surface area (Å²) in [5.41, 5.74) is 0. The maximum atomic E-state index is 5.86. The van der Waals surface area contributed by atoms with E-state index in [0.29, 0.717) is 17.8 Å². The Kier molecular flexibility index (Phi) is 4.58. The second-order valence-electron chi connectivity index (χ2n) is 4.09. The smallest absolute Gasteiger partial charge is 0.148 e. The van der Waals surface area contributed by atoms with E-state index < -0.39 is 0 Å². The maximum absolute atomic E-state index is 5.86. The van der Waals surface area contributed by atoms with Gasteiger partial charge in [-0.1, -0.05) is 13.8 Å². The lowest BCUT2D eigenvalue weighted by Gasteiger charge is -2.17. The summed E-state index contributed by atoms with van der Waals surface area (Å²) in [6, 6.07) is 0.379. The first-order chi connectivity index (χ1) is 7.15. The fourth-order valence-electron chi connectivity index (χ4n) is 1.92. The molecule has 0 unspecified atom stereocenters. The minimum atomic E-state index is 0.379. The Labute approximate surface area is 96.8 Å². The lowest BCUT2D eigenvalue weighted by Crippen LogP contribution is -2.12. The topological polar surface area (TPSA) is 30.7 Å². The van der Waals surface area contributed by atoms with Gasteiger partial charge in [-0.3, -0.25) is 0 Å². The minimum Gasteiger partial charge on any atom is -0.311 e. The van der Waals surface area contributed by atoms with Gasteiger partial charge in [-0.2, -0.15) is 0 Å². The fraction of sp³-hybridized carbons (Fsp3) is 0.818. The summed E-state index contributed by atoms with van der Waals surface area (Å²) < 4.78 is 2.17. The van der Waals surface area contributed by atoms with Crippen LogP contribution in [0.3, 0.4) is 0 Å². The van der Waals surface area contributed by atoms with Gasteiger partial charge in [-0.25, -0.2) is 0 Å². The van der Waals surface area contributed by atoms with Crippen LogP contribution in [0, 0.1) is 0 Å². The van der Waals surface area contributed by atoms with Crippen molar-refractivity contribution >= 4 is 11.6 Å². The normalized spacial score (nSPS) is 11.7. The van der Waals surface area contributed by atoms with Crippen LogP contribution in [0.5, 0.6) is 0 Å². The zero-order valence-electron chi connectivity index (χ0n) is 10.00. The van der Waals surface area contributed by atoms with Gasteiger partial charge >= 0.3 is 0 Å². The maximum Gasteiger partial charge on any atom is 0.148 e. The zero-order chi connectivity index (χ0) is 11.4. The molecule has 1 aromatic heterocycles. The summed E-state index contributed by atoms with van der Waals surface area (Å²) in [4.78, 5) is 0. The highest BCUT2D eigenvalue weighted by molar-refractivity contribution is 6.16. The predicted molar refractivity (Wildman–Crippen MR) is 63.3 cm³/mol. The number of alkyl halides is 1. The van der Waals surface area contributed by atoms with Crippen LogP contribution in [0.4, 0.5) is 0 Å². The van der Waals surface area contributed by atoms with Gasteiger partial charge in [0.1, 0.15) is 11.6 Å². The van der Waals surface area contributed by atoms with Crippen molar-refractivity contribution in [2.45, 2.75) is 58.4 Å². The Morgan fingerprint density at radius 2 is 1.80 bits per heavy atom. The minimum absolute atomic E-state index is 0.379. The SMILES string of the molecule is CCC(CC)c1nnc(CCl)n1C(C)C. The van der Waals surface area contributed by atoms with E-state index in [1.54, 1.807) is 0 Å². The molecule has 1 heterocycles. The molecule has 1 rings (SSSR count). The van der Waals surface area contributed by atoms with Gasteiger partial charge in [0.05, 0.1) is 5.88 Å². The second-order valence-corrected chi connectivity index (χ2v) is 4.35. The molecule has 4 heteroatoms. The second kappa shape index (κ2) is 5.50. The van der Waals surface area contributed by atoms with Gasteiger partial charge in [0.15, 0.2) is 0 Å². The van der Waals surface area contributed by atoms with E-state index in [1.807, 2.05) is 0 Å². The molecule has 0 aliphatic carbocycles. The third-order valence-corrected chi connectivity index (χ3v) is 3.02. The van der Waals surface area contributed by atoms with E-state index >= 15 is 0 Å². The van der Waals surface area contributed by atoms with Gasteiger partial charge in [0.25, 0.3) is 0 Å². The molecule has 0 atom stereocenters. The predicted octanol–water partition coefficient (Wildman–Crippen LogP) is 3.50. The Morgan fingerprint density at radius 1 is 1.20 bits per heavy atom. The Balaban J connectivity index is 3.11. The molecule has 3 nitrogen and oxygen atoms in total. The van der Waals surface area contributed by atoms with E-state index in [9.17, 15) is 0 Å². The molecule has 86 valence electrons. The molecule has 0 saturated carbocycles. The average molecular weight is 230 g/mol. The van der Waals surface area contributed by atoms with Crippen molar-refractivity contribution in [3.05, 3.63) is 11.6 Å². The van der Waals surface area contributed by atoms with Crippen molar-refractivity contribution in [2.75, 3.05) is 0 Å². The summed E-state index contributed by atoms with van der Waals surface area (Å²) in [5, 5.41) is 8.43. The highest BCUT2D eigenvalue weighted by Crippen LogP contribution is 2.25. The quantitative estimate of drug-likeness (QED) is 0.724. The van der Waals surface area contributed by atoms with E-state index in [4.69, 9.17) is 11.6 Å².